The highest BCUT2D eigenvalue weighted by Crippen LogP contribution is 2.36. The van der Waals surface area contributed by atoms with Gasteiger partial charge in [-0.1, -0.05) is 12.1 Å². The van der Waals surface area contributed by atoms with E-state index >= 15 is 0 Å². The van der Waals surface area contributed by atoms with Crippen LogP contribution in [0.4, 0.5) is 0 Å². The molecule has 30 heavy (non-hydrogen) atoms. The molecule has 2 saturated heterocycles. The third-order valence-corrected chi connectivity index (χ3v) is 5.75. The van der Waals surface area contributed by atoms with Crippen LogP contribution in [0.1, 0.15) is 25.7 Å². The van der Waals surface area contributed by atoms with Crippen molar-refractivity contribution in [3.63, 3.8) is 0 Å². The van der Waals surface area contributed by atoms with E-state index in [2.05, 4.69) is 42.3 Å². The number of piperidine rings is 1. The lowest BCUT2D eigenvalue weighted by molar-refractivity contribution is -0.134. The first-order chi connectivity index (χ1) is 14.4. The fraction of sp³-hybridized carbons (Fsp3) is 0.391. The van der Waals surface area contributed by atoms with E-state index in [-0.39, 0.29) is 0 Å². The van der Waals surface area contributed by atoms with Gasteiger partial charge in [0.2, 0.25) is 0 Å². The first-order valence-corrected chi connectivity index (χ1v) is 9.96. The third-order valence-electron chi connectivity index (χ3n) is 5.75. The second-order valence-electron chi connectivity index (χ2n) is 7.65. The second kappa shape index (κ2) is 9.63. The van der Waals surface area contributed by atoms with E-state index in [4.69, 9.17) is 19.7 Å². The summed E-state index contributed by atoms with van der Waals surface area (Å²) < 4.78 is 11.6. The van der Waals surface area contributed by atoms with Gasteiger partial charge < -0.3 is 24.6 Å². The molecule has 0 spiro atoms. The summed E-state index contributed by atoms with van der Waals surface area (Å²) in [5.74, 6) is -0.642. The summed E-state index contributed by atoms with van der Waals surface area (Å²) in [4.78, 5) is 21.7. The number of carbonyl (C=O) groups is 2. The summed E-state index contributed by atoms with van der Waals surface area (Å²) in [6, 6.07) is 13.9. The standard InChI is InChI=1S/C19H23NO2.C4H4O4/c1-20-15-5-6-16(20)12-19(11-15)22-18-8-4-13-3-7-17(21-2)9-14(13)10-18;5-3(6)1-2-4(7)8/h3-4,7-10,15-16,19H,5-6,11-12H2,1-2H3;1-2H,(H,5,6)(H,7,8)/b;2-1+. The lowest BCUT2D eigenvalue weighted by Crippen LogP contribution is -2.43. The fourth-order valence-corrected chi connectivity index (χ4v) is 4.20. The van der Waals surface area contributed by atoms with Crippen LogP contribution in [-0.4, -0.2) is 59.4 Å². The topological polar surface area (TPSA) is 96.3 Å². The van der Waals surface area contributed by atoms with Gasteiger partial charge >= 0.3 is 11.9 Å². The third kappa shape index (κ3) is 5.51. The number of carboxylic acids is 2. The van der Waals surface area contributed by atoms with Gasteiger partial charge in [0.1, 0.15) is 17.6 Å². The van der Waals surface area contributed by atoms with E-state index in [0.29, 0.717) is 30.3 Å². The van der Waals surface area contributed by atoms with Gasteiger partial charge in [-0.15, -0.1) is 0 Å². The zero-order valence-electron chi connectivity index (χ0n) is 17.2. The number of benzene rings is 2. The molecule has 0 radical (unpaired) electrons. The molecule has 7 nitrogen and oxygen atoms in total. The predicted molar refractivity (Wildman–Crippen MR) is 113 cm³/mol. The van der Waals surface area contributed by atoms with Crippen LogP contribution in [0.3, 0.4) is 0 Å². The summed E-state index contributed by atoms with van der Waals surface area (Å²) in [7, 11) is 3.97. The van der Waals surface area contributed by atoms with Crippen molar-refractivity contribution < 1.29 is 29.3 Å². The Hall–Kier alpha value is -3.06. The summed E-state index contributed by atoms with van der Waals surface area (Å²) in [5.41, 5.74) is 0. The number of fused-ring (bicyclic) bond motifs is 3. The number of methoxy groups -OCH3 is 1. The minimum absolute atomic E-state index is 0.358. The summed E-state index contributed by atoms with van der Waals surface area (Å²) in [5, 5.41) is 18.0. The first kappa shape index (κ1) is 21.6. The molecule has 4 rings (SSSR count). The molecule has 160 valence electrons. The van der Waals surface area contributed by atoms with E-state index < -0.39 is 11.9 Å². The van der Waals surface area contributed by atoms with Gasteiger partial charge in [0, 0.05) is 24.2 Å². The first-order valence-electron chi connectivity index (χ1n) is 9.96. The van der Waals surface area contributed by atoms with Gasteiger partial charge in [-0.25, -0.2) is 9.59 Å². The molecule has 0 saturated carbocycles. The molecule has 2 aromatic rings. The Morgan fingerprint density at radius 1 is 0.933 bits per heavy atom. The molecule has 2 unspecified atom stereocenters. The van der Waals surface area contributed by atoms with Crippen LogP contribution in [0.2, 0.25) is 0 Å². The normalized spacial score (nSPS) is 23.1. The van der Waals surface area contributed by atoms with Crippen LogP contribution < -0.4 is 9.47 Å². The lowest BCUT2D eigenvalue weighted by atomic mass is 10.0. The molecule has 7 heteroatoms. The van der Waals surface area contributed by atoms with Crippen LogP contribution >= 0.6 is 0 Å². The number of ether oxygens (including phenoxy) is 2. The highest BCUT2D eigenvalue weighted by atomic mass is 16.5. The minimum atomic E-state index is -1.26. The van der Waals surface area contributed by atoms with Crippen molar-refractivity contribution in [1.29, 1.82) is 0 Å². The number of aliphatic carboxylic acids is 2. The molecule has 2 aliphatic rings. The SMILES string of the molecule is COc1ccc2ccc(OC3CC4CCC(C3)N4C)cc2c1.O=C(O)/C=C/C(=O)O. The predicted octanol–water partition coefficient (Wildman–Crippen LogP) is 3.56. The summed E-state index contributed by atoms with van der Waals surface area (Å²) in [6.45, 7) is 0. The van der Waals surface area contributed by atoms with Gasteiger partial charge in [0.15, 0.2) is 0 Å². The van der Waals surface area contributed by atoms with E-state index in [1.165, 1.54) is 23.6 Å². The van der Waals surface area contributed by atoms with Crippen LogP contribution in [0.15, 0.2) is 48.6 Å². The highest BCUT2D eigenvalue weighted by Gasteiger charge is 2.39. The Morgan fingerprint density at radius 3 is 2.00 bits per heavy atom. The Morgan fingerprint density at radius 2 is 1.47 bits per heavy atom. The maximum Gasteiger partial charge on any atom is 0.328 e. The number of carboxylic acid groups (broad SMARTS) is 2. The van der Waals surface area contributed by atoms with Crippen LogP contribution in [0, 0.1) is 0 Å². The average Bonchev–Trinajstić information content (AvgIpc) is 2.92. The zero-order chi connectivity index (χ0) is 21.7. The molecule has 2 bridgehead atoms. The molecular formula is C23H27NO6. The molecule has 2 atom stereocenters. The fourth-order valence-electron chi connectivity index (χ4n) is 4.20. The largest absolute Gasteiger partial charge is 0.497 e. The van der Waals surface area contributed by atoms with Gasteiger partial charge in [0.05, 0.1) is 7.11 Å². The van der Waals surface area contributed by atoms with E-state index in [0.717, 1.165) is 24.3 Å². The number of hydrogen-bond acceptors (Lipinski definition) is 5. The van der Waals surface area contributed by atoms with Crippen molar-refractivity contribution in [3.05, 3.63) is 48.6 Å². The highest BCUT2D eigenvalue weighted by molar-refractivity contribution is 5.89. The summed E-state index contributed by atoms with van der Waals surface area (Å²) >= 11 is 0. The molecule has 2 aromatic carbocycles. The van der Waals surface area contributed by atoms with E-state index in [1.54, 1.807) is 7.11 Å². The van der Waals surface area contributed by atoms with E-state index in [1.807, 2.05) is 6.07 Å². The molecule has 2 fully saturated rings. The van der Waals surface area contributed by atoms with Crippen molar-refractivity contribution in [2.45, 2.75) is 43.9 Å². The minimum Gasteiger partial charge on any atom is -0.497 e. The number of nitrogens with zero attached hydrogens (tertiary/aromatic N) is 1. The summed E-state index contributed by atoms with van der Waals surface area (Å²) in [6.07, 6.45) is 6.44. The maximum absolute atomic E-state index is 9.55. The second-order valence-corrected chi connectivity index (χ2v) is 7.65. The Kier molecular flexibility index (Phi) is 6.95. The monoisotopic (exact) mass is 413 g/mol. The van der Waals surface area contributed by atoms with Crippen molar-refractivity contribution in [3.8, 4) is 11.5 Å². The smallest absolute Gasteiger partial charge is 0.328 e. The van der Waals surface area contributed by atoms with Crippen LogP contribution in [-0.2, 0) is 9.59 Å². The van der Waals surface area contributed by atoms with Crippen molar-refractivity contribution in [2.24, 2.45) is 0 Å². The molecule has 2 N–H and O–H groups in total. The molecule has 0 aliphatic carbocycles. The van der Waals surface area contributed by atoms with E-state index in [9.17, 15) is 9.59 Å². The molecule has 0 aromatic heterocycles. The molecule has 2 heterocycles. The quantitative estimate of drug-likeness (QED) is 0.724. The van der Waals surface area contributed by atoms with Gasteiger partial charge in [-0.2, -0.15) is 0 Å². The maximum atomic E-state index is 9.55. The Labute approximate surface area is 175 Å². The Bertz CT molecular complexity index is 910. The molecular weight excluding hydrogens is 386 g/mol. The van der Waals surface area contributed by atoms with Crippen molar-refractivity contribution in [2.75, 3.05) is 14.2 Å². The molecule has 0 amide bonds. The number of rotatable bonds is 5. The van der Waals surface area contributed by atoms with Gasteiger partial charge in [0.25, 0.3) is 0 Å². The Balaban J connectivity index is 0.000000275. The molecule has 2 aliphatic heterocycles. The lowest BCUT2D eigenvalue weighted by Gasteiger charge is -2.36. The van der Waals surface area contributed by atoms with Gasteiger partial charge in [-0.3, -0.25) is 0 Å². The van der Waals surface area contributed by atoms with Crippen molar-refractivity contribution >= 4 is 22.7 Å². The van der Waals surface area contributed by atoms with Crippen molar-refractivity contribution in [1.82, 2.24) is 4.90 Å². The average molecular weight is 413 g/mol. The zero-order valence-corrected chi connectivity index (χ0v) is 17.2. The van der Waals surface area contributed by atoms with Crippen LogP contribution in [0.25, 0.3) is 10.8 Å². The van der Waals surface area contributed by atoms with Crippen LogP contribution in [0.5, 0.6) is 11.5 Å². The number of hydrogen-bond donors (Lipinski definition) is 2. The van der Waals surface area contributed by atoms with Gasteiger partial charge in [-0.05, 0) is 67.8 Å².